The smallest absolute Gasteiger partial charge is 0.243 e. The molecule has 0 saturated heterocycles. The fraction of sp³-hybridized carbons (Fsp3) is 0.235. The summed E-state index contributed by atoms with van der Waals surface area (Å²) >= 11 is 5.89. The van der Waals surface area contributed by atoms with Gasteiger partial charge < -0.3 is 11.1 Å². The number of nitrogens with one attached hydrogen (secondary N) is 1. The fourth-order valence-corrected chi connectivity index (χ4v) is 2.34. The second kappa shape index (κ2) is 6.19. The second-order valence-corrected chi connectivity index (χ2v) is 5.88. The van der Waals surface area contributed by atoms with Crippen molar-refractivity contribution in [3.05, 3.63) is 64.7 Å². The van der Waals surface area contributed by atoms with Crippen LogP contribution in [0.4, 0.5) is 5.69 Å². The van der Waals surface area contributed by atoms with Crippen molar-refractivity contribution >= 4 is 23.2 Å². The molecule has 0 aliphatic rings. The Hall–Kier alpha value is -2.00. The lowest BCUT2D eigenvalue weighted by Crippen LogP contribution is -2.49. The first-order valence-corrected chi connectivity index (χ1v) is 7.17. The summed E-state index contributed by atoms with van der Waals surface area (Å²) in [6, 6.07) is 15.3. The minimum atomic E-state index is -0.861. The van der Waals surface area contributed by atoms with E-state index in [4.69, 9.17) is 17.3 Å². The molecule has 21 heavy (non-hydrogen) atoms. The van der Waals surface area contributed by atoms with Gasteiger partial charge in [0.25, 0.3) is 0 Å². The van der Waals surface area contributed by atoms with Crippen molar-refractivity contribution < 1.29 is 4.79 Å². The predicted octanol–water partition coefficient (Wildman–Crippen LogP) is 3.55. The Morgan fingerprint density at radius 3 is 2.38 bits per heavy atom. The Labute approximate surface area is 130 Å². The monoisotopic (exact) mass is 302 g/mol. The first kappa shape index (κ1) is 15.4. The number of amides is 1. The summed E-state index contributed by atoms with van der Waals surface area (Å²) in [4.78, 5) is 11.9. The van der Waals surface area contributed by atoms with Crippen molar-refractivity contribution in [1.29, 1.82) is 0 Å². The van der Waals surface area contributed by atoms with Crippen LogP contribution < -0.4 is 11.1 Å². The van der Waals surface area contributed by atoms with E-state index in [0.717, 1.165) is 16.8 Å². The number of hydrogen-bond donors (Lipinski definition) is 2. The van der Waals surface area contributed by atoms with E-state index >= 15 is 0 Å². The van der Waals surface area contributed by atoms with Crippen LogP contribution in [-0.2, 0) is 11.2 Å². The Bertz CT molecular complexity index is 639. The zero-order chi connectivity index (χ0) is 15.5. The van der Waals surface area contributed by atoms with Crippen molar-refractivity contribution in [3.63, 3.8) is 0 Å². The summed E-state index contributed by atoms with van der Waals surface area (Å²) in [6.45, 7) is 3.81. The third-order valence-electron chi connectivity index (χ3n) is 3.57. The number of para-hydroxylation sites is 1. The first-order chi connectivity index (χ1) is 9.90. The number of carbonyl (C=O) groups excluding carboxylic acids is 1. The van der Waals surface area contributed by atoms with E-state index in [0.29, 0.717) is 11.4 Å². The van der Waals surface area contributed by atoms with Gasteiger partial charge in [0.2, 0.25) is 5.91 Å². The number of nitrogens with two attached hydrogens (primary N) is 1. The van der Waals surface area contributed by atoms with Gasteiger partial charge in [-0.2, -0.15) is 0 Å². The summed E-state index contributed by atoms with van der Waals surface area (Å²) < 4.78 is 0. The van der Waals surface area contributed by atoms with Crippen LogP contribution in [0.3, 0.4) is 0 Å². The molecule has 4 heteroatoms. The van der Waals surface area contributed by atoms with E-state index in [1.165, 1.54) is 0 Å². The SMILES string of the molecule is Cc1ccccc1NC(C)(Cc1ccc(Cl)cc1)C(N)=O. The summed E-state index contributed by atoms with van der Waals surface area (Å²) in [5.41, 5.74) is 7.74. The van der Waals surface area contributed by atoms with Gasteiger partial charge in [0.15, 0.2) is 0 Å². The number of anilines is 1. The maximum Gasteiger partial charge on any atom is 0.243 e. The van der Waals surface area contributed by atoms with Crippen LogP contribution in [0.5, 0.6) is 0 Å². The van der Waals surface area contributed by atoms with Crippen molar-refractivity contribution in [2.24, 2.45) is 5.73 Å². The van der Waals surface area contributed by atoms with Gasteiger partial charge in [0, 0.05) is 17.1 Å². The summed E-state index contributed by atoms with van der Waals surface area (Å²) in [5.74, 6) is -0.388. The van der Waals surface area contributed by atoms with E-state index in [2.05, 4.69) is 5.32 Å². The standard InChI is InChI=1S/C17H19ClN2O/c1-12-5-3-4-6-15(12)20-17(2,16(19)21)11-13-7-9-14(18)10-8-13/h3-10,20H,11H2,1-2H3,(H2,19,21). The van der Waals surface area contributed by atoms with Gasteiger partial charge in [-0.15, -0.1) is 0 Å². The number of carbonyl (C=O) groups is 1. The maximum atomic E-state index is 11.9. The van der Waals surface area contributed by atoms with Crippen LogP contribution in [0.25, 0.3) is 0 Å². The van der Waals surface area contributed by atoms with E-state index in [1.807, 2.05) is 62.4 Å². The topological polar surface area (TPSA) is 55.1 Å². The first-order valence-electron chi connectivity index (χ1n) is 6.79. The van der Waals surface area contributed by atoms with Gasteiger partial charge >= 0.3 is 0 Å². The van der Waals surface area contributed by atoms with Crippen LogP contribution in [0.1, 0.15) is 18.1 Å². The lowest BCUT2D eigenvalue weighted by molar-refractivity contribution is -0.121. The molecule has 0 saturated carbocycles. The van der Waals surface area contributed by atoms with E-state index in [9.17, 15) is 4.79 Å². The number of hydrogen-bond acceptors (Lipinski definition) is 2. The maximum absolute atomic E-state index is 11.9. The summed E-state index contributed by atoms with van der Waals surface area (Å²) in [7, 11) is 0. The quantitative estimate of drug-likeness (QED) is 0.887. The van der Waals surface area contributed by atoms with Crippen molar-refractivity contribution in [1.82, 2.24) is 0 Å². The van der Waals surface area contributed by atoms with Crippen molar-refractivity contribution in [2.75, 3.05) is 5.32 Å². The van der Waals surface area contributed by atoms with Gasteiger partial charge in [-0.1, -0.05) is 41.9 Å². The summed E-state index contributed by atoms with van der Waals surface area (Å²) in [6.07, 6.45) is 0.494. The highest BCUT2D eigenvalue weighted by Crippen LogP contribution is 2.23. The van der Waals surface area contributed by atoms with Crippen LogP contribution >= 0.6 is 11.6 Å². The molecule has 2 aromatic carbocycles. The molecule has 0 fully saturated rings. The van der Waals surface area contributed by atoms with Crippen LogP contribution in [0, 0.1) is 6.92 Å². The Balaban J connectivity index is 2.26. The minimum Gasteiger partial charge on any atom is -0.371 e. The molecule has 110 valence electrons. The molecule has 3 N–H and O–H groups in total. The number of aryl methyl sites for hydroxylation is 1. The minimum absolute atomic E-state index is 0.388. The van der Waals surface area contributed by atoms with E-state index in [-0.39, 0.29) is 5.91 Å². The molecule has 0 spiro atoms. The molecule has 0 aliphatic carbocycles. The molecule has 0 aliphatic heterocycles. The normalized spacial score (nSPS) is 13.5. The molecule has 0 bridgehead atoms. The molecular weight excluding hydrogens is 284 g/mol. The van der Waals surface area contributed by atoms with Gasteiger partial charge in [-0.3, -0.25) is 4.79 Å². The highest BCUT2D eigenvalue weighted by molar-refractivity contribution is 6.30. The largest absolute Gasteiger partial charge is 0.371 e. The number of benzene rings is 2. The Kier molecular flexibility index (Phi) is 4.53. The van der Waals surface area contributed by atoms with Crippen LogP contribution in [0.2, 0.25) is 5.02 Å². The van der Waals surface area contributed by atoms with Crippen molar-refractivity contribution in [3.8, 4) is 0 Å². The lowest BCUT2D eigenvalue weighted by Gasteiger charge is -2.29. The molecule has 1 amide bonds. The molecule has 0 aromatic heterocycles. The van der Waals surface area contributed by atoms with Gasteiger partial charge in [-0.05, 0) is 43.2 Å². The average molecular weight is 303 g/mol. The Morgan fingerprint density at radius 2 is 1.81 bits per heavy atom. The third kappa shape index (κ3) is 3.76. The zero-order valence-corrected chi connectivity index (χ0v) is 12.9. The zero-order valence-electron chi connectivity index (χ0n) is 12.2. The molecule has 1 atom stereocenters. The number of primary amides is 1. The average Bonchev–Trinajstić information content (AvgIpc) is 2.44. The molecule has 1 unspecified atom stereocenters. The molecule has 2 rings (SSSR count). The molecule has 0 radical (unpaired) electrons. The van der Waals surface area contributed by atoms with Gasteiger partial charge in [0.05, 0.1) is 0 Å². The van der Waals surface area contributed by atoms with Gasteiger partial charge in [-0.25, -0.2) is 0 Å². The Morgan fingerprint density at radius 1 is 1.19 bits per heavy atom. The molecule has 2 aromatic rings. The third-order valence-corrected chi connectivity index (χ3v) is 3.82. The lowest BCUT2D eigenvalue weighted by atomic mass is 9.91. The summed E-state index contributed by atoms with van der Waals surface area (Å²) in [5, 5.41) is 3.95. The van der Waals surface area contributed by atoms with Crippen LogP contribution in [-0.4, -0.2) is 11.4 Å². The van der Waals surface area contributed by atoms with Crippen molar-refractivity contribution in [2.45, 2.75) is 25.8 Å². The fourth-order valence-electron chi connectivity index (χ4n) is 2.21. The predicted molar refractivity (Wildman–Crippen MR) is 87.6 cm³/mol. The molecule has 3 nitrogen and oxygen atoms in total. The number of rotatable bonds is 5. The van der Waals surface area contributed by atoms with E-state index < -0.39 is 5.54 Å². The molecular formula is C17H19ClN2O. The van der Waals surface area contributed by atoms with E-state index in [1.54, 1.807) is 0 Å². The van der Waals surface area contributed by atoms with Crippen LogP contribution in [0.15, 0.2) is 48.5 Å². The highest BCUT2D eigenvalue weighted by Gasteiger charge is 2.31. The molecule has 0 heterocycles. The number of halogens is 1. The second-order valence-electron chi connectivity index (χ2n) is 5.44. The highest BCUT2D eigenvalue weighted by atomic mass is 35.5. The van der Waals surface area contributed by atoms with Gasteiger partial charge in [0.1, 0.15) is 5.54 Å².